The predicted molar refractivity (Wildman–Crippen MR) is 82.8 cm³/mol. The highest BCUT2D eigenvalue weighted by atomic mass is 32.1. The molecule has 2 heterocycles. The van der Waals surface area contributed by atoms with Gasteiger partial charge in [-0.1, -0.05) is 11.8 Å². The lowest BCUT2D eigenvalue weighted by molar-refractivity contribution is 0.0878. The summed E-state index contributed by atoms with van der Waals surface area (Å²) in [4.78, 5) is 4.99. The van der Waals surface area contributed by atoms with Gasteiger partial charge in [0.15, 0.2) is 0 Å². The maximum atomic E-state index is 8.72. The van der Waals surface area contributed by atoms with E-state index in [-0.39, 0.29) is 6.61 Å². The highest BCUT2D eigenvalue weighted by Gasteiger charge is 2.20. The Kier molecular flexibility index (Phi) is 6.55. The topological polar surface area (TPSA) is 32.7 Å². The van der Waals surface area contributed by atoms with Crippen molar-refractivity contribution in [3.8, 4) is 11.8 Å². The minimum atomic E-state index is 0.139. The second kappa shape index (κ2) is 8.43. The number of likely N-dealkylation sites (tertiary alicyclic amines) is 1. The number of piperidine rings is 1. The fourth-order valence-electron chi connectivity index (χ4n) is 2.62. The minimum Gasteiger partial charge on any atom is -0.395 e. The van der Waals surface area contributed by atoms with E-state index in [4.69, 9.17) is 9.84 Å². The van der Waals surface area contributed by atoms with Crippen molar-refractivity contribution in [1.82, 2.24) is 4.90 Å². The summed E-state index contributed by atoms with van der Waals surface area (Å²) >= 11 is 1.76. The van der Waals surface area contributed by atoms with Crippen LogP contribution in [-0.4, -0.2) is 43.4 Å². The average Bonchev–Trinajstić information content (AvgIpc) is 2.87. The number of nitrogens with zero attached hydrogens (tertiary/aromatic N) is 1. The second-order valence-corrected chi connectivity index (χ2v) is 6.41. The summed E-state index contributed by atoms with van der Waals surface area (Å²) in [6, 6.07) is 4.26. The molecule has 0 bridgehead atoms. The van der Waals surface area contributed by atoms with E-state index in [1.54, 1.807) is 18.4 Å². The van der Waals surface area contributed by atoms with Crippen molar-refractivity contribution in [2.24, 2.45) is 5.92 Å². The zero-order valence-corrected chi connectivity index (χ0v) is 12.9. The molecule has 2 rings (SSSR count). The van der Waals surface area contributed by atoms with E-state index < -0.39 is 0 Å². The van der Waals surface area contributed by atoms with Crippen LogP contribution in [0.2, 0.25) is 0 Å². The molecule has 0 saturated carbocycles. The Morgan fingerprint density at radius 3 is 3.20 bits per heavy atom. The molecule has 1 saturated heterocycles. The summed E-state index contributed by atoms with van der Waals surface area (Å²) < 4.78 is 5.28. The first-order valence-electron chi connectivity index (χ1n) is 7.21. The van der Waals surface area contributed by atoms with Gasteiger partial charge in [-0.3, -0.25) is 4.90 Å². The van der Waals surface area contributed by atoms with Gasteiger partial charge in [0, 0.05) is 31.5 Å². The highest BCUT2D eigenvalue weighted by molar-refractivity contribution is 7.12. The van der Waals surface area contributed by atoms with Crippen LogP contribution in [0.25, 0.3) is 0 Å². The van der Waals surface area contributed by atoms with Gasteiger partial charge in [-0.2, -0.15) is 0 Å². The van der Waals surface area contributed by atoms with Gasteiger partial charge in [-0.05, 0) is 37.4 Å². The van der Waals surface area contributed by atoms with E-state index in [1.165, 1.54) is 24.3 Å². The number of hydrogen-bond acceptors (Lipinski definition) is 4. The van der Waals surface area contributed by atoms with Gasteiger partial charge in [0.25, 0.3) is 0 Å². The first-order chi connectivity index (χ1) is 9.81. The molecule has 1 aromatic rings. The van der Waals surface area contributed by atoms with Crippen molar-refractivity contribution in [2.45, 2.75) is 25.8 Å². The van der Waals surface area contributed by atoms with E-state index in [0.717, 1.165) is 24.6 Å². The van der Waals surface area contributed by atoms with Crippen molar-refractivity contribution in [2.75, 3.05) is 33.4 Å². The molecule has 4 heteroatoms. The van der Waals surface area contributed by atoms with E-state index in [0.29, 0.717) is 12.3 Å². The van der Waals surface area contributed by atoms with Gasteiger partial charge >= 0.3 is 0 Å². The smallest absolute Gasteiger partial charge is 0.0771 e. The first-order valence-corrected chi connectivity index (χ1v) is 8.03. The molecule has 0 radical (unpaired) electrons. The molecule has 20 heavy (non-hydrogen) atoms. The largest absolute Gasteiger partial charge is 0.395 e. The second-order valence-electron chi connectivity index (χ2n) is 5.24. The van der Waals surface area contributed by atoms with Crippen LogP contribution in [0, 0.1) is 17.8 Å². The third-order valence-corrected chi connectivity index (χ3v) is 4.48. The SMILES string of the molecule is COCC1CCCN(Cc2ccc(C#CCCO)s2)C1. The number of thiophene rings is 1. The molecule has 1 fully saturated rings. The van der Waals surface area contributed by atoms with Crippen molar-refractivity contribution < 1.29 is 9.84 Å². The van der Waals surface area contributed by atoms with E-state index >= 15 is 0 Å². The number of aliphatic hydroxyl groups is 1. The zero-order chi connectivity index (χ0) is 14.2. The van der Waals surface area contributed by atoms with Gasteiger partial charge < -0.3 is 9.84 Å². The Labute approximate surface area is 125 Å². The third-order valence-electron chi connectivity index (χ3n) is 3.49. The molecule has 1 aromatic heterocycles. The van der Waals surface area contributed by atoms with Crippen LogP contribution in [0.15, 0.2) is 12.1 Å². The third kappa shape index (κ3) is 4.92. The molecule has 1 atom stereocenters. The van der Waals surface area contributed by atoms with Crippen molar-refractivity contribution in [3.05, 3.63) is 21.9 Å². The lowest BCUT2D eigenvalue weighted by Gasteiger charge is -2.31. The molecular formula is C16H23NO2S. The maximum absolute atomic E-state index is 8.72. The molecule has 0 spiro atoms. The van der Waals surface area contributed by atoms with Crippen LogP contribution in [0.4, 0.5) is 0 Å². The fourth-order valence-corrected chi connectivity index (χ4v) is 3.55. The van der Waals surface area contributed by atoms with Crippen LogP contribution in [0.1, 0.15) is 29.0 Å². The lowest BCUT2D eigenvalue weighted by atomic mass is 9.99. The van der Waals surface area contributed by atoms with Crippen molar-refractivity contribution in [1.29, 1.82) is 0 Å². The van der Waals surface area contributed by atoms with Gasteiger partial charge in [0.05, 0.1) is 18.1 Å². The van der Waals surface area contributed by atoms with E-state index in [2.05, 4.69) is 28.9 Å². The van der Waals surface area contributed by atoms with Crippen LogP contribution >= 0.6 is 11.3 Å². The summed E-state index contributed by atoms with van der Waals surface area (Å²) in [6.45, 7) is 4.35. The van der Waals surface area contributed by atoms with Crippen molar-refractivity contribution in [3.63, 3.8) is 0 Å². The molecule has 0 aliphatic carbocycles. The van der Waals surface area contributed by atoms with Crippen LogP contribution in [0.5, 0.6) is 0 Å². The van der Waals surface area contributed by atoms with Gasteiger partial charge in [0.2, 0.25) is 0 Å². The summed E-state index contributed by atoms with van der Waals surface area (Å²) in [7, 11) is 1.79. The minimum absolute atomic E-state index is 0.139. The monoisotopic (exact) mass is 293 g/mol. The molecule has 0 amide bonds. The first kappa shape index (κ1) is 15.5. The Morgan fingerprint density at radius 2 is 2.40 bits per heavy atom. The Hall–Kier alpha value is -0.860. The van der Waals surface area contributed by atoms with Crippen LogP contribution in [-0.2, 0) is 11.3 Å². The summed E-state index contributed by atoms with van der Waals surface area (Å²) in [5.41, 5.74) is 0. The fraction of sp³-hybridized carbons (Fsp3) is 0.625. The van der Waals surface area contributed by atoms with E-state index in [1.807, 2.05) is 0 Å². The predicted octanol–water partition coefficient (Wildman–Crippen LogP) is 2.34. The Morgan fingerprint density at radius 1 is 1.50 bits per heavy atom. The van der Waals surface area contributed by atoms with E-state index in [9.17, 15) is 0 Å². The van der Waals surface area contributed by atoms with Crippen LogP contribution < -0.4 is 0 Å². The number of aliphatic hydroxyl groups excluding tert-OH is 1. The van der Waals surface area contributed by atoms with Gasteiger partial charge in [0.1, 0.15) is 0 Å². The molecular weight excluding hydrogens is 270 g/mol. The lowest BCUT2D eigenvalue weighted by Crippen LogP contribution is -2.36. The maximum Gasteiger partial charge on any atom is 0.0771 e. The quantitative estimate of drug-likeness (QED) is 0.846. The normalized spacial score (nSPS) is 19.6. The molecule has 1 unspecified atom stereocenters. The molecule has 1 aliphatic rings. The highest BCUT2D eigenvalue weighted by Crippen LogP contribution is 2.22. The van der Waals surface area contributed by atoms with Crippen LogP contribution in [0.3, 0.4) is 0 Å². The van der Waals surface area contributed by atoms with Crippen molar-refractivity contribution >= 4 is 11.3 Å². The Balaban J connectivity index is 1.85. The average molecular weight is 293 g/mol. The van der Waals surface area contributed by atoms with Gasteiger partial charge in [-0.15, -0.1) is 11.3 Å². The zero-order valence-electron chi connectivity index (χ0n) is 12.1. The number of ether oxygens (including phenoxy) is 1. The number of rotatable bonds is 5. The van der Waals surface area contributed by atoms with Gasteiger partial charge in [-0.25, -0.2) is 0 Å². The molecule has 1 N–H and O–H groups in total. The summed E-state index contributed by atoms with van der Waals surface area (Å²) in [6.07, 6.45) is 3.10. The Bertz CT molecular complexity index is 459. The summed E-state index contributed by atoms with van der Waals surface area (Å²) in [5, 5.41) is 8.72. The molecule has 1 aliphatic heterocycles. The molecule has 3 nitrogen and oxygen atoms in total. The summed E-state index contributed by atoms with van der Waals surface area (Å²) in [5.74, 6) is 6.75. The number of methoxy groups -OCH3 is 1. The molecule has 110 valence electrons. The number of hydrogen-bond donors (Lipinski definition) is 1. The molecule has 0 aromatic carbocycles. The standard InChI is InChI=1S/C16H23NO2S/c1-19-13-14-5-4-9-17(11-14)12-16-8-7-15(20-16)6-2-3-10-18/h7-8,14,18H,3-5,9-13H2,1H3.